The van der Waals surface area contributed by atoms with Gasteiger partial charge in [-0.2, -0.15) is 0 Å². The van der Waals surface area contributed by atoms with Crippen LogP contribution in [0.4, 0.5) is 17.1 Å². The molecule has 0 bridgehead atoms. The number of para-hydroxylation sites is 2. The molecule has 31 heavy (non-hydrogen) atoms. The van der Waals surface area contributed by atoms with E-state index in [0.717, 1.165) is 11.4 Å². The predicted octanol–water partition coefficient (Wildman–Crippen LogP) is 8.48. The van der Waals surface area contributed by atoms with Gasteiger partial charge in [-0.25, -0.2) is 0 Å². The molecule has 0 aromatic heterocycles. The summed E-state index contributed by atoms with van der Waals surface area (Å²) < 4.78 is 0. The third kappa shape index (κ3) is 3.99. The molecule has 0 radical (unpaired) electrons. The highest BCUT2D eigenvalue weighted by Gasteiger charge is 2.15. The topological polar surface area (TPSA) is 3.24 Å². The predicted molar refractivity (Wildman–Crippen MR) is 134 cm³/mol. The summed E-state index contributed by atoms with van der Waals surface area (Å²) in [5.41, 5.74) is 5.87. The maximum Gasteiger partial charge on any atom is 0.0540 e. The molecule has 0 heterocycles. The molecule has 5 aromatic carbocycles. The van der Waals surface area contributed by atoms with E-state index in [-0.39, 0.29) is 0 Å². The van der Waals surface area contributed by atoms with Crippen LogP contribution in [0, 0.1) is 0 Å². The number of fused-ring (bicyclic) bond motifs is 1. The average molecular weight is 398 g/mol. The molecule has 0 amide bonds. The van der Waals surface area contributed by atoms with Gasteiger partial charge in [0.15, 0.2) is 0 Å². The van der Waals surface area contributed by atoms with E-state index in [0.29, 0.717) is 0 Å². The number of rotatable bonds is 5. The monoisotopic (exact) mass is 397 g/mol. The second kappa shape index (κ2) is 8.73. The van der Waals surface area contributed by atoms with Crippen molar-refractivity contribution < 1.29 is 0 Å². The van der Waals surface area contributed by atoms with Gasteiger partial charge in [0.2, 0.25) is 0 Å². The van der Waals surface area contributed by atoms with Crippen LogP contribution in [-0.2, 0) is 0 Å². The Labute approximate surface area is 183 Å². The zero-order chi connectivity index (χ0) is 20.9. The highest BCUT2D eigenvalue weighted by molar-refractivity contribution is 6.03. The van der Waals surface area contributed by atoms with E-state index in [1.165, 1.54) is 27.6 Å². The summed E-state index contributed by atoms with van der Waals surface area (Å²) in [5, 5.41) is 2.47. The van der Waals surface area contributed by atoms with Crippen LogP contribution < -0.4 is 4.90 Å². The Morgan fingerprint density at radius 3 is 1.55 bits per heavy atom. The second-order valence-electron chi connectivity index (χ2n) is 7.47. The van der Waals surface area contributed by atoms with Gasteiger partial charge in [0.05, 0.1) is 5.69 Å². The number of benzene rings is 5. The van der Waals surface area contributed by atoms with Crippen molar-refractivity contribution >= 4 is 40.0 Å². The fourth-order valence-corrected chi connectivity index (χ4v) is 3.98. The quantitative estimate of drug-likeness (QED) is 0.269. The van der Waals surface area contributed by atoms with Gasteiger partial charge in [-0.05, 0) is 46.8 Å². The first-order chi connectivity index (χ1) is 15.4. The molecule has 5 aromatic rings. The molecule has 0 spiro atoms. The first kappa shape index (κ1) is 18.9. The first-order valence-electron chi connectivity index (χ1n) is 10.6. The van der Waals surface area contributed by atoms with Gasteiger partial charge in [-0.15, -0.1) is 0 Å². The van der Waals surface area contributed by atoms with E-state index >= 15 is 0 Å². The fraction of sp³-hybridized carbons (Fsp3) is 0. The van der Waals surface area contributed by atoms with Crippen LogP contribution in [0.25, 0.3) is 22.9 Å². The third-order valence-electron chi connectivity index (χ3n) is 5.46. The molecular weight excluding hydrogens is 374 g/mol. The highest BCUT2D eigenvalue weighted by Crippen LogP contribution is 2.39. The van der Waals surface area contributed by atoms with Crippen LogP contribution in [0.3, 0.4) is 0 Å². The van der Waals surface area contributed by atoms with Crippen LogP contribution in [0.5, 0.6) is 0 Å². The molecule has 0 N–H and O–H groups in total. The number of anilines is 3. The molecule has 1 heteroatoms. The Morgan fingerprint density at radius 2 is 0.935 bits per heavy atom. The lowest BCUT2D eigenvalue weighted by molar-refractivity contribution is 1.30. The summed E-state index contributed by atoms with van der Waals surface area (Å²) in [7, 11) is 0. The molecule has 5 rings (SSSR count). The van der Waals surface area contributed by atoms with Crippen molar-refractivity contribution in [3.8, 4) is 0 Å². The lowest BCUT2D eigenvalue weighted by Gasteiger charge is -2.27. The van der Waals surface area contributed by atoms with Crippen molar-refractivity contribution in [3.05, 3.63) is 139 Å². The smallest absolute Gasteiger partial charge is 0.0540 e. The Hall–Kier alpha value is -4.10. The lowest BCUT2D eigenvalue weighted by Crippen LogP contribution is -2.10. The van der Waals surface area contributed by atoms with Crippen LogP contribution in [0.1, 0.15) is 11.1 Å². The van der Waals surface area contributed by atoms with Crippen molar-refractivity contribution in [1.29, 1.82) is 0 Å². The molecule has 0 aliphatic heterocycles. The Balaban J connectivity index is 1.67. The van der Waals surface area contributed by atoms with Gasteiger partial charge in [0, 0.05) is 16.8 Å². The van der Waals surface area contributed by atoms with Gasteiger partial charge in [-0.3, -0.25) is 0 Å². The van der Waals surface area contributed by atoms with E-state index in [1.807, 2.05) is 6.07 Å². The van der Waals surface area contributed by atoms with E-state index in [2.05, 4.69) is 138 Å². The zero-order valence-electron chi connectivity index (χ0n) is 17.2. The normalized spacial score (nSPS) is 11.1. The van der Waals surface area contributed by atoms with Crippen LogP contribution in [0.2, 0.25) is 0 Å². The summed E-state index contributed by atoms with van der Waals surface area (Å²) >= 11 is 0. The maximum absolute atomic E-state index is 2.33. The highest BCUT2D eigenvalue weighted by atomic mass is 15.1. The molecular formula is C30H23N. The largest absolute Gasteiger partial charge is 0.310 e. The molecule has 0 aliphatic carbocycles. The van der Waals surface area contributed by atoms with Gasteiger partial charge in [0.25, 0.3) is 0 Å². The molecule has 0 atom stereocenters. The Morgan fingerprint density at radius 1 is 0.419 bits per heavy atom. The van der Waals surface area contributed by atoms with Crippen LogP contribution in [-0.4, -0.2) is 0 Å². The number of hydrogen-bond donors (Lipinski definition) is 0. The third-order valence-corrected chi connectivity index (χ3v) is 5.46. The molecule has 0 aliphatic rings. The van der Waals surface area contributed by atoms with E-state index in [1.54, 1.807) is 0 Å². The summed E-state index contributed by atoms with van der Waals surface area (Å²) in [6, 6.07) is 44.6. The van der Waals surface area contributed by atoms with Crippen LogP contribution in [0.15, 0.2) is 127 Å². The average Bonchev–Trinajstić information content (AvgIpc) is 2.85. The van der Waals surface area contributed by atoms with Crippen molar-refractivity contribution in [1.82, 2.24) is 0 Å². The van der Waals surface area contributed by atoms with Gasteiger partial charge < -0.3 is 4.90 Å². The van der Waals surface area contributed by atoms with Crippen LogP contribution >= 0.6 is 0 Å². The molecule has 0 fully saturated rings. The van der Waals surface area contributed by atoms with E-state index in [4.69, 9.17) is 0 Å². The summed E-state index contributed by atoms with van der Waals surface area (Å²) in [6.07, 6.45) is 4.38. The second-order valence-corrected chi connectivity index (χ2v) is 7.47. The van der Waals surface area contributed by atoms with E-state index in [9.17, 15) is 0 Å². The maximum atomic E-state index is 2.33. The standard InChI is InChI=1S/C30H23N/c1-4-12-24(13-5-1)20-21-25-22-23-30(29-19-11-10-18-28(25)29)31(26-14-6-2-7-15-26)27-16-8-3-9-17-27/h1-23H. The molecule has 0 saturated carbocycles. The fourth-order valence-electron chi connectivity index (χ4n) is 3.98. The van der Waals surface area contributed by atoms with E-state index < -0.39 is 0 Å². The van der Waals surface area contributed by atoms with Gasteiger partial charge in [-0.1, -0.05) is 109 Å². The van der Waals surface area contributed by atoms with Gasteiger partial charge in [0.1, 0.15) is 0 Å². The van der Waals surface area contributed by atoms with Gasteiger partial charge >= 0.3 is 0 Å². The minimum Gasteiger partial charge on any atom is -0.310 e. The molecule has 0 unspecified atom stereocenters. The minimum atomic E-state index is 1.14. The summed E-state index contributed by atoms with van der Waals surface area (Å²) in [4.78, 5) is 2.33. The minimum absolute atomic E-state index is 1.14. The molecule has 0 saturated heterocycles. The SMILES string of the molecule is C(=Cc1ccc(N(c2ccccc2)c2ccccc2)c2ccccc12)c1ccccc1. The summed E-state index contributed by atoms with van der Waals surface area (Å²) in [5.74, 6) is 0. The Kier molecular flexibility index (Phi) is 5.32. The Bertz CT molecular complexity index is 1270. The van der Waals surface area contributed by atoms with Crippen molar-refractivity contribution in [3.63, 3.8) is 0 Å². The lowest BCUT2D eigenvalue weighted by atomic mass is 10.0. The number of hydrogen-bond acceptors (Lipinski definition) is 1. The molecule has 148 valence electrons. The van der Waals surface area contributed by atoms with Crippen molar-refractivity contribution in [2.24, 2.45) is 0 Å². The zero-order valence-corrected chi connectivity index (χ0v) is 17.2. The number of nitrogens with zero attached hydrogens (tertiary/aromatic N) is 1. The summed E-state index contributed by atoms with van der Waals surface area (Å²) in [6.45, 7) is 0. The van der Waals surface area contributed by atoms with Crippen molar-refractivity contribution in [2.75, 3.05) is 4.90 Å². The molecule has 1 nitrogen and oxygen atoms in total. The van der Waals surface area contributed by atoms with Crippen molar-refractivity contribution in [2.45, 2.75) is 0 Å². The first-order valence-corrected chi connectivity index (χ1v) is 10.6.